The third-order valence-electron chi connectivity index (χ3n) is 3.95. The van der Waals surface area contributed by atoms with E-state index in [0.29, 0.717) is 0 Å². The van der Waals surface area contributed by atoms with Crippen LogP contribution in [-0.4, -0.2) is 27.6 Å². The van der Waals surface area contributed by atoms with Crippen molar-refractivity contribution in [1.82, 2.24) is 15.1 Å². The highest BCUT2D eigenvalue weighted by atomic mass is 35.5. The molecule has 0 spiro atoms. The second kappa shape index (κ2) is 9.19. The number of anilines is 1. The van der Waals surface area contributed by atoms with Gasteiger partial charge in [-0.15, -0.1) is 5.10 Å². The molecule has 3 aromatic rings. The van der Waals surface area contributed by atoms with Crippen LogP contribution >= 0.6 is 11.6 Å². The number of carbonyl (C=O) groups is 1. The van der Waals surface area contributed by atoms with Crippen molar-refractivity contribution < 1.29 is 22.7 Å². The summed E-state index contributed by atoms with van der Waals surface area (Å²) in [4.78, 5) is 13.9. The van der Waals surface area contributed by atoms with E-state index >= 15 is 0 Å². The van der Waals surface area contributed by atoms with Crippen molar-refractivity contribution in [2.75, 3.05) is 12.3 Å². The molecule has 0 saturated heterocycles. The largest absolute Gasteiger partial charge is 0.482 e. The van der Waals surface area contributed by atoms with Crippen molar-refractivity contribution in [3.05, 3.63) is 70.1 Å². The molecule has 1 amide bonds. The summed E-state index contributed by atoms with van der Waals surface area (Å²) >= 11 is 5.89. The summed E-state index contributed by atoms with van der Waals surface area (Å²) in [6, 6.07) is 9.02. The van der Waals surface area contributed by atoms with Crippen molar-refractivity contribution in [3.8, 4) is 11.8 Å². The van der Waals surface area contributed by atoms with Crippen LogP contribution in [0.5, 0.6) is 5.75 Å². The Morgan fingerprint density at radius 2 is 2.03 bits per heavy atom. The van der Waals surface area contributed by atoms with Crippen LogP contribution in [0.15, 0.2) is 40.8 Å². The zero-order chi connectivity index (χ0) is 21.7. The highest BCUT2D eigenvalue weighted by Gasteiger charge is 2.20. The number of hydrogen-bond acceptors (Lipinski definition) is 7. The Morgan fingerprint density at radius 1 is 1.23 bits per heavy atom. The molecule has 0 saturated carbocycles. The molecule has 0 unspecified atom stereocenters. The first-order valence-electron chi connectivity index (χ1n) is 8.47. The number of aromatic nitrogens is 2. The van der Waals surface area contributed by atoms with Crippen LogP contribution < -0.4 is 10.5 Å². The lowest BCUT2D eigenvalue weighted by atomic mass is 10.1. The van der Waals surface area contributed by atoms with Crippen molar-refractivity contribution in [3.63, 3.8) is 0 Å². The Balaban J connectivity index is 1.77. The molecule has 11 heteroatoms. The smallest absolute Gasteiger partial charge is 0.312 e. The second-order valence-electron chi connectivity index (χ2n) is 6.07. The van der Waals surface area contributed by atoms with Crippen molar-refractivity contribution in [1.29, 1.82) is 5.26 Å². The molecule has 30 heavy (non-hydrogen) atoms. The van der Waals surface area contributed by atoms with Gasteiger partial charge in [0.25, 0.3) is 5.91 Å². The van der Waals surface area contributed by atoms with Crippen LogP contribution in [0.3, 0.4) is 0 Å². The fourth-order valence-electron chi connectivity index (χ4n) is 2.50. The molecule has 1 heterocycles. The highest BCUT2D eigenvalue weighted by Crippen LogP contribution is 2.25. The van der Waals surface area contributed by atoms with Gasteiger partial charge < -0.3 is 19.8 Å². The number of nitrogens with two attached hydrogens (primary N) is 1. The van der Waals surface area contributed by atoms with Gasteiger partial charge in [-0.3, -0.25) is 4.79 Å². The van der Waals surface area contributed by atoms with Crippen molar-refractivity contribution in [2.45, 2.75) is 13.1 Å². The van der Waals surface area contributed by atoms with E-state index in [1.54, 1.807) is 0 Å². The molecular formula is C19H14ClF2N5O3. The van der Waals surface area contributed by atoms with Gasteiger partial charge in [-0.1, -0.05) is 22.8 Å². The topological polar surface area (TPSA) is 118 Å². The maximum absolute atomic E-state index is 14.3. The number of nitrogens with zero attached hydrogens (tertiary/aromatic N) is 4. The number of rotatable bonds is 7. The Morgan fingerprint density at radius 3 is 2.67 bits per heavy atom. The molecule has 1 aromatic heterocycles. The second-order valence-corrected chi connectivity index (χ2v) is 6.47. The standard InChI is InChI=1S/C19H14ClF2N5O3/c20-14-6-13(21)3-4-16(14)29-10-18(28)27(9-17-25-26-19(24)30-17)8-12-2-1-11(7-23)5-15(12)22/h1-6H,8-10H2,(H2,24,26). The van der Waals surface area contributed by atoms with Gasteiger partial charge in [0.1, 0.15) is 17.4 Å². The fourth-order valence-corrected chi connectivity index (χ4v) is 2.72. The van der Waals surface area contributed by atoms with Gasteiger partial charge in [0, 0.05) is 12.1 Å². The number of nitrogen functional groups attached to an aromatic ring is 1. The number of ether oxygens (including phenoxy) is 1. The van der Waals surface area contributed by atoms with Crippen LogP contribution in [0, 0.1) is 23.0 Å². The number of carbonyl (C=O) groups excluding carboxylic acids is 1. The molecule has 3 rings (SSSR count). The Kier molecular flexibility index (Phi) is 6.44. The summed E-state index contributed by atoms with van der Waals surface area (Å²) in [6.45, 7) is -0.797. The van der Waals surface area contributed by atoms with Crippen molar-refractivity contribution in [2.24, 2.45) is 0 Å². The summed E-state index contributed by atoms with van der Waals surface area (Å²) in [5.41, 5.74) is 5.71. The average Bonchev–Trinajstić information content (AvgIpc) is 3.12. The zero-order valence-corrected chi connectivity index (χ0v) is 16.1. The molecule has 0 radical (unpaired) electrons. The zero-order valence-electron chi connectivity index (χ0n) is 15.3. The van der Waals surface area contributed by atoms with E-state index in [-0.39, 0.29) is 46.9 Å². The number of halogens is 3. The maximum atomic E-state index is 14.3. The summed E-state index contributed by atoms with van der Waals surface area (Å²) < 4.78 is 37.9. The summed E-state index contributed by atoms with van der Waals surface area (Å²) in [5.74, 6) is -1.62. The third kappa shape index (κ3) is 5.21. The first kappa shape index (κ1) is 21.0. The van der Waals surface area contributed by atoms with Gasteiger partial charge in [-0.25, -0.2) is 8.78 Å². The number of hydrogen-bond donors (Lipinski definition) is 1. The van der Waals surface area contributed by atoms with Gasteiger partial charge in [-0.2, -0.15) is 5.26 Å². The number of nitriles is 1. The van der Waals surface area contributed by atoms with E-state index < -0.39 is 24.1 Å². The normalized spacial score (nSPS) is 10.5. The summed E-state index contributed by atoms with van der Waals surface area (Å²) in [5, 5.41) is 16.1. The van der Waals surface area contributed by atoms with Gasteiger partial charge in [-0.05, 0) is 30.3 Å². The molecule has 0 aliphatic carbocycles. The molecule has 0 atom stereocenters. The van der Waals surface area contributed by atoms with Crippen molar-refractivity contribution >= 4 is 23.5 Å². The van der Waals surface area contributed by atoms with E-state index in [9.17, 15) is 13.6 Å². The van der Waals surface area contributed by atoms with Crippen LogP contribution in [0.4, 0.5) is 14.8 Å². The number of benzene rings is 2. The van der Waals surface area contributed by atoms with E-state index in [1.807, 2.05) is 6.07 Å². The van der Waals surface area contributed by atoms with Gasteiger partial charge in [0.15, 0.2) is 6.61 Å². The average molecular weight is 434 g/mol. The molecule has 2 N–H and O–H groups in total. The minimum absolute atomic E-state index is 0.00263. The summed E-state index contributed by atoms with van der Waals surface area (Å²) in [6.07, 6.45) is 0. The van der Waals surface area contributed by atoms with E-state index in [4.69, 9.17) is 31.8 Å². The molecule has 0 fully saturated rings. The lowest BCUT2D eigenvalue weighted by Gasteiger charge is -2.22. The summed E-state index contributed by atoms with van der Waals surface area (Å²) in [7, 11) is 0. The quantitative estimate of drug-likeness (QED) is 0.608. The molecule has 0 aliphatic rings. The predicted octanol–water partition coefficient (Wildman–Crippen LogP) is 3.06. The Labute approximate surface area is 174 Å². The van der Waals surface area contributed by atoms with E-state index in [0.717, 1.165) is 18.2 Å². The molecule has 8 nitrogen and oxygen atoms in total. The van der Waals surface area contributed by atoms with Crippen LogP contribution in [-0.2, 0) is 17.9 Å². The van der Waals surface area contributed by atoms with Gasteiger partial charge in [0.05, 0.1) is 23.2 Å². The first-order chi connectivity index (χ1) is 14.4. The molecule has 2 aromatic carbocycles. The van der Waals surface area contributed by atoms with E-state index in [2.05, 4.69) is 10.2 Å². The minimum Gasteiger partial charge on any atom is -0.482 e. The molecule has 0 bridgehead atoms. The molecular weight excluding hydrogens is 420 g/mol. The monoisotopic (exact) mass is 433 g/mol. The minimum atomic E-state index is -0.653. The van der Waals surface area contributed by atoms with Crippen LogP contribution in [0.1, 0.15) is 17.0 Å². The third-order valence-corrected chi connectivity index (χ3v) is 4.25. The fraction of sp³-hybridized carbons (Fsp3) is 0.158. The predicted molar refractivity (Wildman–Crippen MR) is 101 cm³/mol. The molecule has 154 valence electrons. The van der Waals surface area contributed by atoms with Crippen LogP contribution in [0.25, 0.3) is 0 Å². The maximum Gasteiger partial charge on any atom is 0.312 e. The van der Waals surface area contributed by atoms with Gasteiger partial charge in [0.2, 0.25) is 5.89 Å². The number of amides is 1. The van der Waals surface area contributed by atoms with Crippen LogP contribution in [0.2, 0.25) is 5.02 Å². The van der Waals surface area contributed by atoms with E-state index in [1.165, 1.54) is 23.1 Å². The van der Waals surface area contributed by atoms with Gasteiger partial charge >= 0.3 is 6.01 Å². The first-order valence-corrected chi connectivity index (χ1v) is 8.85. The Bertz CT molecular complexity index is 1120. The Hall–Kier alpha value is -3.71. The molecule has 0 aliphatic heterocycles. The SMILES string of the molecule is N#Cc1ccc(CN(Cc2nnc(N)o2)C(=O)COc2ccc(F)cc2Cl)c(F)c1. The lowest BCUT2D eigenvalue weighted by molar-refractivity contribution is -0.135. The highest BCUT2D eigenvalue weighted by molar-refractivity contribution is 6.32. The lowest BCUT2D eigenvalue weighted by Crippen LogP contribution is -2.34.